The van der Waals surface area contributed by atoms with E-state index in [1.54, 1.807) is 4.90 Å². The Kier molecular flexibility index (Phi) is 4.12. The van der Waals surface area contributed by atoms with Crippen molar-refractivity contribution in [1.29, 1.82) is 0 Å². The van der Waals surface area contributed by atoms with Crippen LogP contribution in [-0.4, -0.2) is 38.6 Å². The highest BCUT2D eigenvalue weighted by atomic mass is 19.4. The van der Waals surface area contributed by atoms with Crippen LogP contribution in [-0.2, 0) is 17.5 Å². The molecular formula is C14H13F3N4O3. The van der Waals surface area contributed by atoms with Gasteiger partial charge in [-0.1, -0.05) is 5.16 Å². The van der Waals surface area contributed by atoms with Crippen LogP contribution >= 0.6 is 0 Å². The maximum absolute atomic E-state index is 12.4. The fraction of sp³-hybridized carbons (Fsp3) is 0.429. The van der Waals surface area contributed by atoms with Crippen LogP contribution in [0.1, 0.15) is 18.7 Å². The van der Waals surface area contributed by atoms with Crippen LogP contribution in [0.3, 0.4) is 0 Å². The van der Waals surface area contributed by atoms with Crippen molar-refractivity contribution in [3.63, 3.8) is 0 Å². The Labute approximate surface area is 133 Å². The zero-order chi connectivity index (χ0) is 17.3. The molecular weight excluding hydrogens is 329 g/mol. The van der Waals surface area contributed by atoms with Gasteiger partial charge in [0.1, 0.15) is 6.54 Å². The maximum Gasteiger partial charge on any atom is 0.471 e. The molecule has 1 saturated heterocycles. The van der Waals surface area contributed by atoms with Gasteiger partial charge in [0, 0.05) is 30.9 Å². The van der Waals surface area contributed by atoms with Crippen molar-refractivity contribution in [1.82, 2.24) is 19.6 Å². The normalized spacial score (nSPS) is 15.0. The van der Waals surface area contributed by atoms with Gasteiger partial charge in [0.15, 0.2) is 0 Å². The molecule has 1 aliphatic heterocycles. The van der Waals surface area contributed by atoms with Gasteiger partial charge in [-0.2, -0.15) is 18.2 Å². The molecule has 1 fully saturated rings. The van der Waals surface area contributed by atoms with Crippen molar-refractivity contribution in [2.75, 3.05) is 13.1 Å². The summed E-state index contributed by atoms with van der Waals surface area (Å²) in [5.41, 5.74) is -0.442. The Bertz CT molecular complexity index is 806. The summed E-state index contributed by atoms with van der Waals surface area (Å²) in [6, 6.07) is 2.44. The second-order valence-corrected chi connectivity index (χ2v) is 5.39. The van der Waals surface area contributed by atoms with Crippen LogP contribution in [0.5, 0.6) is 0 Å². The SMILES string of the molecule is O=C(Cn1ccc(-c2noc(C(F)(F)F)n2)cc1=O)N1CCCC1. The fourth-order valence-corrected chi connectivity index (χ4v) is 2.45. The largest absolute Gasteiger partial charge is 0.471 e. The molecule has 24 heavy (non-hydrogen) atoms. The van der Waals surface area contributed by atoms with E-state index in [1.165, 1.54) is 16.8 Å². The monoisotopic (exact) mass is 342 g/mol. The molecule has 0 aromatic carbocycles. The van der Waals surface area contributed by atoms with Crippen LogP contribution in [0.2, 0.25) is 0 Å². The van der Waals surface area contributed by atoms with Crippen molar-refractivity contribution in [2.24, 2.45) is 0 Å². The van der Waals surface area contributed by atoms with Gasteiger partial charge >= 0.3 is 12.1 Å². The summed E-state index contributed by atoms with van der Waals surface area (Å²) in [6.07, 6.45) is -1.53. The summed E-state index contributed by atoms with van der Waals surface area (Å²) in [4.78, 5) is 29.0. The predicted molar refractivity (Wildman–Crippen MR) is 74.8 cm³/mol. The van der Waals surface area contributed by atoms with E-state index in [2.05, 4.69) is 14.7 Å². The number of hydrogen-bond donors (Lipinski definition) is 0. The Balaban J connectivity index is 1.78. The second kappa shape index (κ2) is 6.10. The maximum atomic E-state index is 12.4. The smallest absolute Gasteiger partial charge is 0.341 e. The van der Waals surface area contributed by atoms with Crippen LogP contribution < -0.4 is 5.56 Å². The highest BCUT2D eigenvalue weighted by Crippen LogP contribution is 2.29. The predicted octanol–water partition coefficient (Wildman–Crippen LogP) is 1.54. The minimum Gasteiger partial charge on any atom is -0.341 e. The van der Waals surface area contributed by atoms with Crippen LogP contribution in [0.15, 0.2) is 27.6 Å². The molecule has 0 aliphatic carbocycles. The summed E-state index contributed by atoms with van der Waals surface area (Å²) in [6.45, 7) is 1.24. The molecule has 0 N–H and O–H groups in total. The third kappa shape index (κ3) is 3.31. The first-order chi connectivity index (χ1) is 11.3. The Morgan fingerprint density at radius 2 is 2.00 bits per heavy atom. The van der Waals surface area contributed by atoms with Crippen molar-refractivity contribution < 1.29 is 22.5 Å². The van der Waals surface area contributed by atoms with E-state index < -0.39 is 17.6 Å². The second-order valence-electron chi connectivity index (χ2n) is 5.39. The lowest BCUT2D eigenvalue weighted by Gasteiger charge is -2.15. The Morgan fingerprint density at radius 1 is 1.29 bits per heavy atom. The van der Waals surface area contributed by atoms with Gasteiger partial charge < -0.3 is 14.0 Å². The van der Waals surface area contributed by atoms with E-state index in [-0.39, 0.29) is 23.8 Å². The number of aromatic nitrogens is 3. The van der Waals surface area contributed by atoms with E-state index in [9.17, 15) is 22.8 Å². The van der Waals surface area contributed by atoms with Crippen molar-refractivity contribution in [3.8, 4) is 11.4 Å². The number of amides is 1. The van der Waals surface area contributed by atoms with Gasteiger partial charge in [0.25, 0.3) is 5.56 Å². The lowest BCUT2D eigenvalue weighted by molar-refractivity contribution is -0.159. The third-order valence-corrected chi connectivity index (χ3v) is 3.69. The van der Waals surface area contributed by atoms with Gasteiger partial charge in [-0.05, 0) is 18.9 Å². The van der Waals surface area contributed by atoms with E-state index in [0.717, 1.165) is 18.9 Å². The summed E-state index contributed by atoms with van der Waals surface area (Å²) in [5, 5.41) is 3.22. The summed E-state index contributed by atoms with van der Waals surface area (Å²) in [5.74, 6) is -1.98. The molecule has 0 bridgehead atoms. The van der Waals surface area contributed by atoms with Crippen molar-refractivity contribution >= 4 is 5.91 Å². The highest BCUT2D eigenvalue weighted by molar-refractivity contribution is 5.76. The van der Waals surface area contributed by atoms with Gasteiger partial charge in [-0.25, -0.2) is 0 Å². The summed E-state index contributed by atoms with van der Waals surface area (Å²) < 4.78 is 42.7. The first-order valence-electron chi connectivity index (χ1n) is 7.24. The molecule has 0 spiro atoms. The molecule has 10 heteroatoms. The average Bonchev–Trinajstić information content (AvgIpc) is 3.20. The quantitative estimate of drug-likeness (QED) is 0.845. The Hall–Kier alpha value is -2.65. The van der Waals surface area contributed by atoms with Gasteiger partial charge in [-0.3, -0.25) is 9.59 Å². The summed E-state index contributed by atoms with van der Waals surface area (Å²) >= 11 is 0. The molecule has 1 aliphatic rings. The number of alkyl halides is 3. The number of hydrogen-bond acceptors (Lipinski definition) is 5. The van der Waals surface area contributed by atoms with Gasteiger partial charge in [-0.15, -0.1) is 0 Å². The standard InChI is InChI=1S/C14H13F3N4O3/c15-14(16,17)13-18-12(19-24-13)9-3-6-21(10(22)7-9)8-11(23)20-4-1-2-5-20/h3,6-7H,1-2,4-5,8H2. The number of likely N-dealkylation sites (tertiary alicyclic amines) is 1. The van der Waals surface area contributed by atoms with E-state index in [4.69, 9.17) is 0 Å². The molecule has 3 rings (SSSR count). The summed E-state index contributed by atoms with van der Waals surface area (Å²) in [7, 11) is 0. The number of rotatable bonds is 3. The molecule has 0 atom stereocenters. The van der Waals surface area contributed by atoms with Crippen LogP contribution in [0.25, 0.3) is 11.4 Å². The molecule has 0 radical (unpaired) electrons. The van der Waals surface area contributed by atoms with Crippen LogP contribution in [0, 0.1) is 0 Å². The average molecular weight is 342 g/mol. The number of nitrogens with zero attached hydrogens (tertiary/aromatic N) is 4. The first-order valence-corrected chi connectivity index (χ1v) is 7.24. The fourth-order valence-electron chi connectivity index (χ4n) is 2.45. The lowest BCUT2D eigenvalue weighted by Crippen LogP contribution is -2.34. The van der Waals surface area contributed by atoms with E-state index in [1.807, 2.05) is 0 Å². The zero-order valence-electron chi connectivity index (χ0n) is 12.4. The third-order valence-electron chi connectivity index (χ3n) is 3.69. The molecule has 2 aromatic heterocycles. The lowest BCUT2D eigenvalue weighted by atomic mass is 10.2. The minimum absolute atomic E-state index is 0.0871. The molecule has 0 unspecified atom stereocenters. The number of carbonyl (C=O) groups excluding carboxylic acids is 1. The number of carbonyl (C=O) groups is 1. The number of halogens is 3. The first kappa shape index (κ1) is 16.2. The molecule has 128 valence electrons. The Morgan fingerprint density at radius 3 is 2.58 bits per heavy atom. The molecule has 7 nitrogen and oxygen atoms in total. The van der Waals surface area contributed by atoms with Gasteiger partial charge in [0.05, 0.1) is 0 Å². The highest BCUT2D eigenvalue weighted by Gasteiger charge is 2.38. The van der Waals surface area contributed by atoms with Gasteiger partial charge in [0.2, 0.25) is 11.7 Å². The molecule has 2 aromatic rings. The molecule has 1 amide bonds. The van der Waals surface area contributed by atoms with Crippen LogP contribution in [0.4, 0.5) is 13.2 Å². The number of pyridine rings is 1. The van der Waals surface area contributed by atoms with Crippen molar-refractivity contribution in [2.45, 2.75) is 25.6 Å². The minimum atomic E-state index is -4.75. The van der Waals surface area contributed by atoms with E-state index in [0.29, 0.717) is 13.1 Å². The molecule has 0 saturated carbocycles. The van der Waals surface area contributed by atoms with E-state index >= 15 is 0 Å². The topological polar surface area (TPSA) is 81.2 Å². The molecule has 3 heterocycles. The zero-order valence-corrected chi connectivity index (χ0v) is 12.4. The van der Waals surface area contributed by atoms with Crippen molar-refractivity contribution in [3.05, 3.63) is 34.6 Å².